The largest absolute Gasteiger partial charge is 0.294 e. The van der Waals surface area contributed by atoms with Crippen molar-refractivity contribution in [1.29, 1.82) is 0 Å². The van der Waals surface area contributed by atoms with E-state index in [-0.39, 0.29) is 0 Å². The van der Waals surface area contributed by atoms with Crippen LogP contribution < -0.4 is 0 Å². The second-order valence-electron chi connectivity index (χ2n) is 4.77. The zero-order chi connectivity index (χ0) is 9.64. The molecule has 0 aromatic heterocycles. The second kappa shape index (κ2) is 2.71. The molecular formula is C12H19N. The van der Waals surface area contributed by atoms with Crippen molar-refractivity contribution in [3.63, 3.8) is 0 Å². The van der Waals surface area contributed by atoms with E-state index < -0.39 is 0 Å². The lowest BCUT2D eigenvalue weighted by Gasteiger charge is -2.23. The standard InChI is InChI=1S/C12H19N/c1-9-6-5-7-11(10(9)2)12(3)8-13(12)4/h5,7,9H,6,8H2,1-4H3. The van der Waals surface area contributed by atoms with Gasteiger partial charge in [-0.05, 0) is 38.8 Å². The maximum absolute atomic E-state index is 2.41. The van der Waals surface area contributed by atoms with Gasteiger partial charge in [0.25, 0.3) is 0 Å². The second-order valence-corrected chi connectivity index (χ2v) is 4.77. The molecule has 0 spiro atoms. The Labute approximate surface area is 81.1 Å². The fraction of sp³-hybridized carbons (Fsp3) is 0.667. The molecule has 1 aliphatic carbocycles. The Kier molecular flexibility index (Phi) is 1.88. The molecular weight excluding hydrogens is 158 g/mol. The van der Waals surface area contributed by atoms with Gasteiger partial charge in [-0.15, -0.1) is 0 Å². The topological polar surface area (TPSA) is 3.01 Å². The van der Waals surface area contributed by atoms with Crippen LogP contribution in [0.3, 0.4) is 0 Å². The van der Waals surface area contributed by atoms with Crippen LogP contribution in [0.1, 0.15) is 27.2 Å². The van der Waals surface area contributed by atoms with Crippen molar-refractivity contribution in [1.82, 2.24) is 4.90 Å². The van der Waals surface area contributed by atoms with E-state index in [0.29, 0.717) is 5.54 Å². The van der Waals surface area contributed by atoms with Crippen LogP contribution in [-0.2, 0) is 0 Å². The molecule has 3 atom stereocenters. The summed E-state index contributed by atoms with van der Waals surface area (Å²) in [7, 11) is 2.20. The van der Waals surface area contributed by atoms with Crippen molar-refractivity contribution in [3.8, 4) is 0 Å². The average molecular weight is 177 g/mol. The molecule has 1 aliphatic heterocycles. The summed E-state index contributed by atoms with van der Waals surface area (Å²) in [6.07, 6.45) is 5.87. The first kappa shape index (κ1) is 9.01. The summed E-state index contributed by atoms with van der Waals surface area (Å²) in [4.78, 5) is 2.41. The molecule has 2 aliphatic rings. The van der Waals surface area contributed by atoms with E-state index in [4.69, 9.17) is 0 Å². The molecule has 0 amide bonds. The van der Waals surface area contributed by atoms with Gasteiger partial charge in [-0.3, -0.25) is 4.90 Å². The van der Waals surface area contributed by atoms with Gasteiger partial charge in [-0.2, -0.15) is 0 Å². The van der Waals surface area contributed by atoms with Crippen LogP contribution in [0.4, 0.5) is 0 Å². The minimum Gasteiger partial charge on any atom is -0.294 e. The minimum atomic E-state index is 0.356. The van der Waals surface area contributed by atoms with Crippen LogP contribution >= 0.6 is 0 Å². The van der Waals surface area contributed by atoms with Gasteiger partial charge in [-0.1, -0.05) is 24.6 Å². The highest BCUT2D eigenvalue weighted by Gasteiger charge is 2.47. The smallest absolute Gasteiger partial charge is 0.0557 e. The molecule has 1 heterocycles. The van der Waals surface area contributed by atoms with E-state index >= 15 is 0 Å². The van der Waals surface area contributed by atoms with Gasteiger partial charge in [0.2, 0.25) is 0 Å². The molecule has 72 valence electrons. The molecule has 0 N–H and O–H groups in total. The summed E-state index contributed by atoms with van der Waals surface area (Å²) < 4.78 is 0. The number of hydrogen-bond donors (Lipinski definition) is 0. The Balaban J connectivity index is 2.32. The molecule has 1 nitrogen and oxygen atoms in total. The minimum absolute atomic E-state index is 0.356. The van der Waals surface area contributed by atoms with Crippen molar-refractivity contribution >= 4 is 0 Å². The summed E-state index contributed by atoms with van der Waals surface area (Å²) in [6.45, 7) is 8.18. The Morgan fingerprint density at radius 2 is 2.15 bits per heavy atom. The van der Waals surface area contributed by atoms with Crippen LogP contribution in [0.5, 0.6) is 0 Å². The highest BCUT2D eigenvalue weighted by Crippen LogP contribution is 2.42. The van der Waals surface area contributed by atoms with Crippen molar-refractivity contribution in [3.05, 3.63) is 23.3 Å². The zero-order valence-electron chi connectivity index (χ0n) is 9.09. The molecule has 1 saturated heterocycles. The highest BCUT2D eigenvalue weighted by atomic mass is 15.3. The number of allylic oxidation sites excluding steroid dienone is 2. The van der Waals surface area contributed by atoms with Crippen LogP contribution in [-0.4, -0.2) is 24.0 Å². The van der Waals surface area contributed by atoms with E-state index in [0.717, 1.165) is 5.92 Å². The molecule has 2 rings (SSSR count). The molecule has 0 radical (unpaired) electrons. The quantitative estimate of drug-likeness (QED) is 0.556. The predicted octanol–water partition coefficient (Wildman–Crippen LogP) is 2.60. The van der Waals surface area contributed by atoms with Crippen molar-refractivity contribution in [2.24, 2.45) is 5.92 Å². The number of hydrogen-bond acceptors (Lipinski definition) is 1. The van der Waals surface area contributed by atoms with Gasteiger partial charge in [0.05, 0.1) is 5.54 Å². The molecule has 1 fully saturated rings. The molecule has 0 aromatic rings. The summed E-state index contributed by atoms with van der Waals surface area (Å²) in [6, 6.07) is 0. The van der Waals surface area contributed by atoms with Crippen molar-refractivity contribution in [2.75, 3.05) is 13.6 Å². The first-order chi connectivity index (χ1) is 6.05. The third kappa shape index (κ3) is 1.26. The summed E-state index contributed by atoms with van der Waals surface area (Å²) in [5.74, 6) is 0.742. The molecule has 0 saturated carbocycles. The first-order valence-corrected chi connectivity index (χ1v) is 5.15. The van der Waals surface area contributed by atoms with E-state index in [2.05, 4.69) is 44.9 Å². The molecule has 3 unspecified atom stereocenters. The lowest BCUT2D eigenvalue weighted by atomic mass is 9.84. The van der Waals surface area contributed by atoms with Gasteiger partial charge in [-0.25, -0.2) is 0 Å². The molecule has 0 bridgehead atoms. The fourth-order valence-electron chi connectivity index (χ4n) is 2.29. The number of nitrogens with zero attached hydrogens (tertiary/aromatic N) is 1. The lowest BCUT2D eigenvalue weighted by molar-refractivity contribution is 0.539. The number of likely N-dealkylation sites (N-methyl/N-ethyl adjacent to an activating group) is 1. The predicted molar refractivity (Wildman–Crippen MR) is 56.7 cm³/mol. The normalized spacial score (nSPS) is 44.0. The summed E-state index contributed by atoms with van der Waals surface area (Å²) >= 11 is 0. The highest BCUT2D eigenvalue weighted by molar-refractivity contribution is 5.43. The monoisotopic (exact) mass is 177 g/mol. The first-order valence-electron chi connectivity index (χ1n) is 5.15. The van der Waals surface area contributed by atoms with Gasteiger partial charge in [0.1, 0.15) is 0 Å². The lowest BCUT2D eigenvalue weighted by Crippen LogP contribution is -2.18. The SMILES string of the molecule is CC1=C(C2(C)CN2C)C=CCC1C. The third-order valence-electron chi connectivity index (χ3n) is 3.80. The molecule has 0 aromatic carbocycles. The van der Waals surface area contributed by atoms with Gasteiger partial charge in [0, 0.05) is 6.54 Å². The summed E-state index contributed by atoms with van der Waals surface area (Å²) in [5, 5.41) is 0. The van der Waals surface area contributed by atoms with Crippen LogP contribution in [0.15, 0.2) is 23.3 Å². The van der Waals surface area contributed by atoms with Crippen LogP contribution in [0.25, 0.3) is 0 Å². The van der Waals surface area contributed by atoms with E-state index in [1.165, 1.54) is 13.0 Å². The zero-order valence-corrected chi connectivity index (χ0v) is 9.09. The Morgan fingerprint density at radius 3 is 2.69 bits per heavy atom. The maximum atomic E-state index is 2.41. The van der Waals surface area contributed by atoms with Crippen molar-refractivity contribution in [2.45, 2.75) is 32.7 Å². The Hall–Kier alpha value is -0.560. The van der Waals surface area contributed by atoms with Crippen molar-refractivity contribution < 1.29 is 0 Å². The van der Waals surface area contributed by atoms with Gasteiger partial charge >= 0.3 is 0 Å². The van der Waals surface area contributed by atoms with Crippen LogP contribution in [0.2, 0.25) is 0 Å². The third-order valence-corrected chi connectivity index (χ3v) is 3.80. The molecule has 13 heavy (non-hydrogen) atoms. The van der Waals surface area contributed by atoms with Gasteiger partial charge in [0.15, 0.2) is 0 Å². The fourth-order valence-corrected chi connectivity index (χ4v) is 2.29. The Morgan fingerprint density at radius 1 is 1.54 bits per heavy atom. The average Bonchev–Trinajstić information content (AvgIpc) is 2.67. The molecule has 1 heteroatoms. The summed E-state index contributed by atoms with van der Waals surface area (Å²) in [5.41, 5.74) is 3.51. The Bertz CT molecular complexity index is 287. The van der Waals surface area contributed by atoms with E-state index in [1.54, 1.807) is 11.1 Å². The van der Waals surface area contributed by atoms with E-state index in [1.807, 2.05) is 0 Å². The maximum Gasteiger partial charge on any atom is 0.0557 e. The van der Waals surface area contributed by atoms with E-state index in [9.17, 15) is 0 Å². The number of rotatable bonds is 1. The van der Waals surface area contributed by atoms with Crippen LogP contribution in [0, 0.1) is 5.92 Å². The van der Waals surface area contributed by atoms with Gasteiger partial charge < -0.3 is 0 Å².